The highest BCUT2D eigenvalue weighted by atomic mass is 79.9. The molecular formula is C14H13BrO4. The van der Waals surface area contributed by atoms with Gasteiger partial charge in [-0.15, -0.1) is 0 Å². The summed E-state index contributed by atoms with van der Waals surface area (Å²) >= 11 is 3.46. The maximum Gasteiger partial charge on any atom is 0.371 e. The standard InChI is InChI=1S/C14H13BrO4/c1-8-6-13(9(2)5-11(8)15)18-7-10-3-4-12(19-10)14(16)17/h3-6H,7H2,1-2H3,(H,16,17). The monoisotopic (exact) mass is 324 g/mol. The third-order valence-corrected chi connectivity index (χ3v) is 3.55. The molecule has 4 nitrogen and oxygen atoms in total. The van der Waals surface area contributed by atoms with E-state index in [2.05, 4.69) is 15.9 Å². The quantitative estimate of drug-likeness (QED) is 0.925. The lowest BCUT2D eigenvalue weighted by molar-refractivity contribution is 0.0658. The summed E-state index contributed by atoms with van der Waals surface area (Å²) in [5, 5.41) is 8.75. The van der Waals surface area contributed by atoms with Gasteiger partial charge in [0.2, 0.25) is 5.76 Å². The van der Waals surface area contributed by atoms with Crippen LogP contribution in [0.25, 0.3) is 0 Å². The van der Waals surface area contributed by atoms with Gasteiger partial charge in [-0.25, -0.2) is 4.79 Å². The molecule has 0 fully saturated rings. The Hall–Kier alpha value is -1.75. The lowest BCUT2D eigenvalue weighted by Crippen LogP contribution is -1.97. The molecule has 100 valence electrons. The van der Waals surface area contributed by atoms with Gasteiger partial charge in [-0.05, 0) is 49.2 Å². The zero-order valence-corrected chi connectivity index (χ0v) is 12.2. The first kappa shape index (κ1) is 13.7. The zero-order valence-electron chi connectivity index (χ0n) is 10.6. The Morgan fingerprint density at radius 1 is 1.32 bits per heavy atom. The molecule has 1 heterocycles. The minimum Gasteiger partial charge on any atom is -0.485 e. The van der Waals surface area contributed by atoms with E-state index in [-0.39, 0.29) is 12.4 Å². The minimum absolute atomic E-state index is 0.0812. The van der Waals surface area contributed by atoms with Crippen LogP contribution in [0.2, 0.25) is 0 Å². The predicted octanol–water partition coefficient (Wildman–Crippen LogP) is 3.94. The van der Waals surface area contributed by atoms with E-state index in [1.807, 2.05) is 26.0 Å². The normalized spacial score (nSPS) is 10.5. The van der Waals surface area contributed by atoms with Crippen LogP contribution in [0, 0.1) is 13.8 Å². The van der Waals surface area contributed by atoms with Gasteiger partial charge >= 0.3 is 5.97 Å². The van der Waals surface area contributed by atoms with Crippen LogP contribution < -0.4 is 4.74 Å². The number of hydrogen-bond acceptors (Lipinski definition) is 3. The topological polar surface area (TPSA) is 59.7 Å². The Morgan fingerprint density at radius 2 is 2.05 bits per heavy atom. The van der Waals surface area contributed by atoms with E-state index in [1.165, 1.54) is 6.07 Å². The summed E-state index contributed by atoms with van der Waals surface area (Å²) in [6.45, 7) is 4.13. The van der Waals surface area contributed by atoms with E-state index >= 15 is 0 Å². The molecule has 1 aromatic carbocycles. The lowest BCUT2D eigenvalue weighted by atomic mass is 10.1. The second kappa shape index (κ2) is 5.48. The molecule has 0 atom stereocenters. The summed E-state index contributed by atoms with van der Waals surface area (Å²) in [5.74, 6) is 0.0792. The number of furan rings is 1. The highest BCUT2D eigenvalue weighted by molar-refractivity contribution is 9.10. The second-order valence-corrected chi connectivity index (χ2v) is 5.08. The maximum absolute atomic E-state index is 10.7. The summed E-state index contributed by atoms with van der Waals surface area (Å²) in [6, 6.07) is 6.93. The molecule has 1 N–H and O–H groups in total. The number of benzene rings is 1. The van der Waals surface area contributed by atoms with Gasteiger partial charge in [0.15, 0.2) is 0 Å². The Kier molecular flexibility index (Phi) is 3.95. The van der Waals surface area contributed by atoms with Crippen LogP contribution in [0.5, 0.6) is 5.75 Å². The van der Waals surface area contributed by atoms with Gasteiger partial charge in [-0.3, -0.25) is 0 Å². The molecule has 2 rings (SSSR count). The van der Waals surface area contributed by atoms with E-state index in [9.17, 15) is 4.79 Å². The lowest BCUT2D eigenvalue weighted by Gasteiger charge is -2.10. The number of ether oxygens (including phenoxy) is 1. The predicted molar refractivity (Wildman–Crippen MR) is 73.6 cm³/mol. The van der Waals surface area contributed by atoms with Crippen molar-refractivity contribution < 1.29 is 19.1 Å². The summed E-state index contributed by atoms with van der Waals surface area (Å²) in [5.41, 5.74) is 2.08. The molecule has 0 radical (unpaired) electrons. The van der Waals surface area contributed by atoms with Crippen LogP contribution in [0.4, 0.5) is 0 Å². The first-order valence-electron chi connectivity index (χ1n) is 5.69. The summed E-state index contributed by atoms with van der Waals surface area (Å²) in [6.07, 6.45) is 0. The molecule has 0 aliphatic heterocycles. The van der Waals surface area contributed by atoms with E-state index < -0.39 is 5.97 Å². The van der Waals surface area contributed by atoms with Gasteiger partial charge in [0, 0.05) is 4.47 Å². The van der Waals surface area contributed by atoms with Crippen molar-refractivity contribution in [2.24, 2.45) is 0 Å². The van der Waals surface area contributed by atoms with E-state index in [4.69, 9.17) is 14.3 Å². The smallest absolute Gasteiger partial charge is 0.371 e. The first-order valence-corrected chi connectivity index (χ1v) is 6.48. The number of hydrogen-bond donors (Lipinski definition) is 1. The van der Waals surface area contributed by atoms with E-state index in [0.29, 0.717) is 5.76 Å². The molecule has 0 aliphatic carbocycles. The van der Waals surface area contributed by atoms with Gasteiger partial charge < -0.3 is 14.3 Å². The number of aromatic carboxylic acids is 1. The molecule has 19 heavy (non-hydrogen) atoms. The van der Waals surface area contributed by atoms with Crippen LogP contribution in [0.3, 0.4) is 0 Å². The third kappa shape index (κ3) is 3.17. The molecule has 0 aliphatic rings. The van der Waals surface area contributed by atoms with Crippen molar-refractivity contribution in [2.45, 2.75) is 20.5 Å². The summed E-state index contributed by atoms with van der Waals surface area (Å²) in [4.78, 5) is 10.7. The van der Waals surface area contributed by atoms with E-state index in [1.54, 1.807) is 6.07 Å². The average molecular weight is 325 g/mol. The summed E-state index contributed by atoms with van der Waals surface area (Å²) in [7, 11) is 0. The molecular weight excluding hydrogens is 312 g/mol. The zero-order chi connectivity index (χ0) is 14.0. The molecule has 0 spiro atoms. The van der Waals surface area contributed by atoms with Crippen LogP contribution in [-0.2, 0) is 6.61 Å². The Morgan fingerprint density at radius 3 is 2.68 bits per heavy atom. The maximum atomic E-state index is 10.7. The molecule has 1 aromatic heterocycles. The molecule has 0 bridgehead atoms. The highest BCUT2D eigenvalue weighted by Gasteiger charge is 2.10. The van der Waals surface area contributed by atoms with Crippen molar-refractivity contribution in [2.75, 3.05) is 0 Å². The van der Waals surface area contributed by atoms with Gasteiger partial charge in [-0.1, -0.05) is 15.9 Å². The Balaban J connectivity index is 2.09. The number of halogens is 1. The average Bonchev–Trinajstić information content (AvgIpc) is 2.81. The van der Waals surface area contributed by atoms with Gasteiger partial charge in [-0.2, -0.15) is 0 Å². The SMILES string of the molecule is Cc1cc(OCc2ccc(C(=O)O)o2)c(C)cc1Br. The molecule has 0 unspecified atom stereocenters. The number of carboxylic acids is 1. The van der Waals surface area contributed by atoms with Gasteiger partial charge in [0.25, 0.3) is 0 Å². The summed E-state index contributed by atoms with van der Waals surface area (Å²) < 4.78 is 11.8. The highest BCUT2D eigenvalue weighted by Crippen LogP contribution is 2.27. The number of carboxylic acid groups (broad SMARTS) is 1. The number of carbonyl (C=O) groups is 1. The van der Waals surface area contributed by atoms with E-state index in [0.717, 1.165) is 21.3 Å². The molecule has 0 saturated carbocycles. The molecule has 0 amide bonds. The second-order valence-electron chi connectivity index (χ2n) is 4.23. The number of aryl methyl sites for hydroxylation is 2. The fourth-order valence-electron chi connectivity index (χ4n) is 1.63. The van der Waals surface area contributed by atoms with Crippen LogP contribution in [-0.4, -0.2) is 11.1 Å². The first-order chi connectivity index (χ1) is 8.97. The fourth-order valence-corrected chi connectivity index (χ4v) is 2.09. The van der Waals surface area contributed by atoms with Crippen LogP contribution in [0.15, 0.2) is 33.2 Å². The minimum atomic E-state index is -1.08. The van der Waals surface area contributed by atoms with Crippen molar-refractivity contribution >= 4 is 21.9 Å². The Bertz CT molecular complexity index is 616. The van der Waals surface area contributed by atoms with Crippen LogP contribution >= 0.6 is 15.9 Å². The van der Waals surface area contributed by atoms with Crippen molar-refractivity contribution in [1.29, 1.82) is 0 Å². The number of rotatable bonds is 4. The Labute approximate surface area is 119 Å². The molecule has 0 saturated heterocycles. The van der Waals surface area contributed by atoms with Crippen molar-refractivity contribution in [3.05, 3.63) is 51.4 Å². The molecule has 2 aromatic rings. The fraction of sp³-hybridized carbons (Fsp3) is 0.214. The van der Waals surface area contributed by atoms with Crippen molar-refractivity contribution in [1.82, 2.24) is 0 Å². The largest absolute Gasteiger partial charge is 0.485 e. The van der Waals surface area contributed by atoms with Crippen molar-refractivity contribution in [3.63, 3.8) is 0 Å². The van der Waals surface area contributed by atoms with Gasteiger partial charge in [0.1, 0.15) is 18.1 Å². The molecule has 5 heteroatoms. The van der Waals surface area contributed by atoms with Crippen LogP contribution in [0.1, 0.15) is 27.4 Å². The van der Waals surface area contributed by atoms with Crippen molar-refractivity contribution in [3.8, 4) is 5.75 Å². The van der Waals surface area contributed by atoms with Gasteiger partial charge in [0.05, 0.1) is 0 Å². The third-order valence-electron chi connectivity index (χ3n) is 2.70.